The van der Waals surface area contributed by atoms with Crippen LogP contribution in [-0.2, 0) is 17.7 Å². The van der Waals surface area contributed by atoms with Crippen LogP contribution in [0.2, 0.25) is 0 Å². The molecule has 0 atom stereocenters. The summed E-state index contributed by atoms with van der Waals surface area (Å²) in [6, 6.07) is 0. The van der Waals surface area contributed by atoms with Crippen molar-refractivity contribution in [2.75, 3.05) is 26.8 Å². The number of aromatic nitrogens is 2. The number of nitrogens with one attached hydrogen (secondary N) is 3. The lowest BCUT2D eigenvalue weighted by Crippen LogP contribution is -2.37. The Kier molecular flexibility index (Phi) is 6.44. The highest BCUT2D eigenvalue weighted by Gasteiger charge is 2.34. The fourth-order valence-corrected chi connectivity index (χ4v) is 3.72. The largest absolute Gasteiger partial charge is 0.385 e. The SMILES string of the molecule is COCCC1(CNC(=O)c2n[nH]c3c2CNCC3)CCCC1.Cl. The van der Waals surface area contributed by atoms with Gasteiger partial charge >= 0.3 is 0 Å². The molecule has 0 unspecified atom stereocenters. The lowest BCUT2D eigenvalue weighted by Gasteiger charge is -2.29. The van der Waals surface area contributed by atoms with E-state index in [4.69, 9.17) is 4.74 Å². The molecule has 1 amide bonds. The molecule has 2 heterocycles. The molecule has 0 radical (unpaired) electrons. The molecule has 2 aliphatic rings. The third-order valence-electron chi connectivity index (χ3n) is 5.15. The van der Waals surface area contributed by atoms with Gasteiger partial charge in [0, 0.05) is 51.0 Å². The molecule has 3 rings (SSSR count). The summed E-state index contributed by atoms with van der Waals surface area (Å²) in [5.41, 5.74) is 2.89. The van der Waals surface area contributed by atoms with E-state index in [1.165, 1.54) is 25.7 Å². The van der Waals surface area contributed by atoms with Crippen LogP contribution in [-0.4, -0.2) is 42.9 Å². The molecule has 0 bridgehead atoms. The van der Waals surface area contributed by atoms with Crippen LogP contribution in [0.15, 0.2) is 0 Å². The highest BCUT2D eigenvalue weighted by molar-refractivity contribution is 5.94. The second-order valence-corrected chi connectivity index (χ2v) is 6.59. The maximum absolute atomic E-state index is 12.5. The Bertz CT molecular complexity index is 526. The average Bonchev–Trinajstić information content (AvgIpc) is 3.18. The zero-order valence-corrected chi connectivity index (χ0v) is 14.6. The molecule has 1 saturated carbocycles. The minimum absolute atomic E-state index is 0. The molecule has 1 aromatic rings. The highest BCUT2D eigenvalue weighted by atomic mass is 35.5. The van der Waals surface area contributed by atoms with Crippen LogP contribution in [0.3, 0.4) is 0 Å². The molecule has 0 saturated heterocycles. The zero-order valence-electron chi connectivity index (χ0n) is 13.7. The fraction of sp³-hybridized carbons (Fsp3) is 0.750. The molecule has 7 heteroatoms. The number of hydrogen-bond acceptors (Lipinski definition) is 4. The molecule has 1 aliphatic heterocycles. The van der Waals surface area contributed by atoms with Crippen LogP contribution in [0, 0.1) is 5.41 Å². The average molecular weight is 343 g/mol. The van der Waals surface area contributed by atoms with Gasteiger partial charge in [-0.05, 0) is 24.7 Å². The molecule has 3 N–H and O–H groups in total. The van der Waals surface area contributed by atoms with E-state index in [2.05, 4.69) is 20.8 Å². The first-order chi connectivity index (χ1) is 10.7. The van der Waals surface area contributed by atoms with Gasteiger partial charge in [-0.15, -0.1) is 12.4 Å². The van der Waals surface area contributed by atoms with E-state index in [1.807, 2.05) is 0 Å². The van der Waals surface area contributed by atoms with E-state index in [1.54, 1.807) is 7.11 Å². The topological polar surface area (TPSA) is 79.0 Å². The van der Waals surface area contributed by atoms with Crippen molar-refractivity contribution in [2.45, 2.75) is 45.1 Å². The first-order valence-corrected chi connectivity index (χ1v) is 8.28. The molecular weight excluding hydrogens is 316 g/mol. The predicted octanol–water partition coefficient (Wildman–Crippen LogP) is 1.80. The molecule has 1 aromatic heterocycles. The molecule has 6 nitrogen and oxygen atoms in total. The number of carbonyl (C=O) groups is 1. The normalized spacial score (nSPS) is 19.0. The van der Waals surface area contributed by atoms with Gasteiger partial charge in [0.15, 0.2) is 5.69 Å². The Morgan fingerprint density at radius 2 is 2.17 bits per heavy atom. The summed E-state index contributed by atoms with van der Waals surface area (Å²) in [4.78, 5) is 12.5. The van der Waals surface area contributed by atoms with Gasteiger partial charge in [-0.1, -0.05) is 12.8 Å². The van der Waals surface area contributed by atoms with E-state index >= 15 is 0 Å². The van der Waals surface area contributed by atoms with Gasteiger partial charge < -0.3 is 15.4 Å². The van der Waals surface area contributed by atoms with Crippen LogP contribution >= 0.6 is 12.4 Å². The van der Waals surface area contributed by atoms with Gasteiger partial charge in [0.25, 0.3) is 5.91 Å². The van der Waals surface area contributed by atoms with Gasteiger partial charge in [-0.2, -0.15) is 5.10 Å². The quantitative estimate of drug-likeness (QED) is 0.736. The third kappa shape index (κ3) is 4.05. The Balaban J connectivity index is 0.00000192. The summed E-state index contributed by atoms with van der Waals surface area (Å²) < 4.78 is 5.24. The number of halogens is 1. The number of nitrogens with zero attached hydrogens (tertiary/aromatic N) is 1. The van der Waals surface area contributed by atoms with Crippen molar-refractivity contribution >= 4 is 18.3 Å². The summed E-state index contributed by atoms with van der Waals surface area (Å²) in [7, 11) is 1.74. The monoisotopic (exact) mass is 342 g/mol. The maximum Gasteiger partial charge on any atom is 0.272 e. The molecule has 1 aliphatic carbocycles. The Labute approximate surface area is 143 Å². The lowest BCUT2D eigenvalue weighted by atomic mass is 9.83. The van der Waals surface area contributed by atoms with Crippen LogP contribution in [0.5, 0.6) is 0 Å². The highest BCUT2D eigenvalue weighted by Crippen LogP contribution is 2.40. The van der Waals surface area contributed by atoms with Gasteiger partial charge in [-0.3, -0.25) is 9.89 Å². The molecule has 130 valence electrons. The zero-order chi connectivity index (χ0) is 15.4. The van der Waals surface area contributed by atoms with Crippen molar-refractivity contribution in [2.24, 2.45) is 5.41 Å². The molecule has 1 fully saturated rings. The Morgan fingerprint density at radius 1 is 1.39 bits per heavy atom. The van der Waals surface area contributed by atoms with Crippen molar-refractivity contribution in [3.05, 3.63) is 17.0 Å². The van der Waals surface area contributed by atoms with Gasteiger partial charge in [0.1, 0.15) is 0 Å². The number of fused-ring (bicyclic) bond motifs is 1. The first-order valence-electron chi connectivity index (χ1n) is 8.28. The van der Waals surface area contributed by atoms with E-state index in [-0.39, 0.29) is 23.7 Å². The van der Waals surface area contributed by atoms with Crippen LogP contribution in [0.4, 0.5) is 0 Å². The molecule has 0 aromatic carbocycles. The second kappa shape index (κ2) is 8.13. The van der Waals surface area contributed by atoms with Crippen LogP contribution in [0.1, 0.15) is 53.8 Å². The maximum atomic E-state index is 12.5. The van der Waals surface area contributed by atoms with Crippen molar-refractivity contribution in [3.63, 3.8) is 0 Å². The predicted molar refractivity (Wildman–Crippen MR) is 91.0 cm³/mol. The summed E-state index contributed by atoms with van der Waals surface area (Å²) in [5.74, 6) is -0.0510. The van der Waals surface area contributed by atoms with Crippen molar-refractivity contribution in [1.29, 1.82) is 0 Å². The van der Waals surface area contributed by atoms with E-state index in [0.717, 1.165) is 50.3 Å². The van der Waals surface area contributed by atoms with E-state index < -0.39 is 0 Å². The van der Waals surface area contributed by atoms with Gasteiger partial charge in [0.2, 0.25) is 0 Å². The molecular formula is C16H27ClN4O2. The van der Waals surface area contributed by atoms with Gasteiger partial charge in [-0.25, -0.2) is 0 Å². The summed E-state index contributed by atoms with van der Waals surface area (Å²) in [6.07, 6.45) is 6.79. The summed E-state index contributed by atoms with van der Waals surface area (Å²) >= 11 is 0. The minimum atomic E-state index is -0.0510. The number of ether oxygens (including phenoxy) is 1. The summed E-state index contributed by atoms with van der Waals surface area (Å²) in [5, 5.41) is 13.7. The van der Waals surface area contributed by atoms with Crippen LogP contribution in [0.25, 0.3) is 0 Å². The Hall–Kier alpha value is -1.11. The van der Waals surface area contributed by atoms with Crippen LogP contribution < -0.4 is 10.6 Å². The minimum Gasteiger partial charge on any atom is -0.385 e. The number of H-pyrrole nitrogens is 1. The Morgan fingerprint density at radius 3 is 2.91 bits per heavy atom. The smallest absolute Gasteiger partial charge is 0.272 e. The van der Waals surface area contributed by atoms with Crippen molar-refractivity contribution < 1.29 is 9.53 Å². The number of hydrogen-bond donors (Lipinski definition) is 3. The summed E-state index contributed by atoms with van der Waals surface area (Å²) in [6.45, 7) is 3.15. The third-order valence-corrected chi connectivity index (χ3v) is 5.15. The van der Waals surface area contributed by atoms with E-state index in [0.29, 0.717) is 5.69 Å². The fourth-order valence-electron chi connectivity index (χ4n) is 3.72. The van der Waals surface area contributed by atoms with Crippen molar-refractivity contribution in [3.8, 4) is 0 Å². The standard InChI is InChI=1S/C16H26N4O2.ClH/c1-22-9-7-16(5-2-3-6-16)11-18-15(21)14-12-10-17-8-4-13(12)19-20-14;/h17H,2-11H2,1H3,(H,18,21)(H,19,20);1H. The molecule has 23 heavy (non-hydrogen) atoms. The second-order valence-electron chi connectivity index (χ2n) is 6.59. The van der Waals surface area contributed by atoms with E-state index in [9.17, 15) is 4.79 Å². The number of aromatic amines is 1. The lowest BCUT2D eigenvalue weighted by molar-refractivity contribution is 0.0897. The number of rotatable bonds is 6. The van der Waals surface area contributed by atoms with Gasteiger partial charge in [0.05, 0.1) is 0 Å². The first kappa shape index (κ1) is 18.2. The number of amides is 1. The molecule has 0 spiro atoms. The number of methoxy groups -OCH3 is 1. The number of carbonyl (C=O) groups excluding carboxylic acids is 1. The van der Waals surface area contributed by atoms with Crippen molar-refractivity contribution in [1.82, 2.24) is 20.8 Å².